The maximum atomic E-state index is 11.3. The van der Waals surface area contributed by atoms with E-state index in [2.05, 4.69) is 0 Å². The lowest BCUT2D eigenvalue weighted by Gasteiger charge is -1.93. The van der Waals surface area contributed by atoms with Gasteiger partial charge in [-0.05, 0) is 12.8 Å². The molecule has 0 aliphatic carbocycles. The maximum Gasteiger partial charge on any atom is 0.238 e. The SMILES string of the molecule is FC(F)CCCCCl. The quantitative estimate of drug-likeness (QED) is 0.418. The second-order valence-electron chi connectivity index (χ2n) is 1.58. The molecule has 0 atom stereocenters. The Balaban J connectivity index is 2.72. The summed E-state index contributed by atoms with van der Waals surface area (Å²) in [6.07, 6.45) is -0.919. The molecule has 0 aromatic carbocycles. The van der Waals surface area contributed by atoms with Crippen molar-refractivity contribution in [3.63, 3.8) is 0 Å². The summed E-state index contributed by atoms with van der Waals surface area (Å²) in [6, 6.07) is 0. The normalized spacial score (nSPS) is 10.5. The molecule has 0 aliphatic rings. The van der Waals surface area contributed by atoms with E-state index in [0.29, 0.717) is 18.7 Å². The predicted octanol–water partition coefficient (Wildman–Crippen LogP) is 2.66. The van der Waals surface area contributed by atoms with E-state index in [1.807, 2.05) is 0 Å². The maximum absolute atomic E-state index is 11.3. The van der Waals surface area contributed by atoms with Crippen LogP contribution in [0, 0.1) is 0 Å². The molecule has 0 rings (SSSR count). The molecule has 0 aromatic rings. The first-order valence-electron chi connectivity index (χ1n) is 2.61. The Bertz CT molecular complexity index is 47.7. The van der Waals surface area contributed by atoms with E-state index in [4.69, 9.17) is 11.6 Å². The van der Waals surface area contributed by atoms with Gasteiger partial charge in [-0.2, -0.15) is 0 Å². The zero-order chi connectivity index (χ0) is 6.41. The molecule has 0 N–H and O–H groups in total. The summed E-state index contributed by atoms with van der Waals surface area (Å²) >= 11 is 5.24. The van der Waals surface area contributed by atoms with Crippen LogP contribution in [0.4, 0.5) is 8.78 Å². The van der Waals surface area contributed by atoms with E-state index in [1.165, 1.54) is 0 Å². The minimum absolute atomic E-state index is 0.00722. The summed E-state index contributed by atoms with van der Waals surface area (Å²) in [5, 5.41) is 0. The lowest BCUT2D eigenvalue weighted by molar-refractivity contribution is 0.134. The van der Waals surface area contributed by atoms with Gasteiger partial charge in [-0.1, -0.05) is 0 Å². The molecule has 8 heavy (non-hydrogen) atoms. The number of alkyl halides is 3. The molecule has 0 fully saturated rings. The number of unbranched alkanes of at least 4 members (excludes halogenated alkanes) is 1. The van der Waals surface area contributed by atoms with E-state index in [9.17, 15) is 8.78 Å². The van der Waals surface area contributed by atoms with Gasteiger partial charge in [0.15, 0.2) is 0 Å². The van der Waals surface area contributed by atoms with Gasteiger partial charge < -0.3 is 0 Å². The van der Waals surface area contributed by atoms with Gasteiger partial charge >= 0.3 is 0 Å². The predicted molar refractivity (Wildman–Crippen MR) is 30.6 cm³/mol. The van der Waals surface area contributed by atoms with E-state index in [0.717, 1.165) is 0 Å². The van der Waals surface area contributed by atoms with Crippen LogP contribution in [-0.2, 0) is 0 Å². The summed E-state index contributed by atoms with van der Waals surface area (Å²) in [5.74, 6) is 0.493. The first kappa shape index (κ1) is 8.15. The lowest BCUT2D eigenvalue weighted by atomic mass is 10.3. The molecule has 0 nitrogen and oxygen atoms in total. The highest BCUT2D eigenvalue weighted by Gasteiger charge is 1.99. The summed E-state index contributed by atoms with van der Waals surface area (Å²) in [4.78, 5) is 0. The van der Waals surface area contributed by atoms with Crippen LogP contribution in [0.15, 0.2) is 0 Å². The van der Waals surface area contributed by atoms with Gasteiger partial charge in [-0.15, -0.1) is 11.6 Å². The highest BCUT2D eigenvalue weighted by Crippen LogP contribution is 2.05. The minimum Gasteiger partial charge on any atom is -0.211 e. The van der Waals surface area contributed by atoms with Gasteiger partial charge in [0.25, 0.3) is 0 Å². The number of halogens is 3. The largest absolute Gasteiger partial charge is 0.238 e. The smallest absolute Gasteiger partial charge is 0.211 e. The molecule has 0 aromatic heterocycles. The summed E-state index contributed by atoms with van der Waals surface area (Å²) in [7, 11) is 0. The van der Waals surface area contributed by atoms with Crippen LogP contribution >= 0.6 is 11.6 Å². The first-order valence-corrected chi connectivity index (χ1v) is 3.15. The van der Waals surface area contributed by atoms with Gasteiger partial charge in [0.2, 0.25) is 6.43 Å². The van der Waals surface area contributed by atoms with Crippen LogP contribution in [0.1, 0.15) is 19.3 Å². The Morgan fingerprint density at radius 2 is 1.88 bits per heavy atom. The molecule has 0 bridgehead atoms. The molecular weight excluding hydrogens is 134 g/mol. The van der Waals surface area contributed by atoms with Crippen LogP contribution in [0.2, 0.25) is 0 Å². The number of hydrogen-bond donors (Lipinski definition) is 0. The van der Waals surface area contributed by atoms with Gasteiger partial charge in [0, 0.05) is 12.3 Å². The number of rotatable bonds is 4. The first-order chi connectivity index (χ1) is 3.77. The zero-order valence-corrected chi connectivity index (χ0v) is 5.30. The van der Waals surface area contributed by atoms with Crippen molar-refractivity contribution in [2.24, 2.45) is 0 Å². The minimum atomic E-state index is -2.15. The van der Waals surface area contributed by atoms with Crippen LogP contribution in [-0.4, -0.2) is 12.3 Å². The average molecular weight is 143 g/mol. The Labute approximate surface area is 52.8 Å². The molecule has 0 saturated heterocycles. The number of hydrogen-bond acceptors (Lipinski definition) is 0. The zero-order valence-electron chi connectivity index (χ0n) is 4.54. The third kappa shape index (κ3) is 6.15. The van der Waals surface area contributed by atoms with E-state index < -0.39 is 6.43 Å². The third-order valence-corrected chi connectivity index (χ3v) is 1.07. The Morgan fingerprint density at radius 1 is 1.25 bits per heavy atom. The highest BCUT2D eigenvalue weighted by molar-refractivity contribution is 6.17. The van der Waals surface area contributed by atoms with Crippen LogP contribution in [0.5, 0.6) is 0 Å². The molecule has 0 amide bonds. The Hall–Kier alpha value is 0.150. The molecule has 3 heteroatoms. The van der Waals surface area contributed by atoms with Crippen molar-refractivity contribution in [2.45, 2.75) is 25.7 Å². The fourth-order valence-electron chi connectivity index (χ4n) is 0.393. The van der Waals surface area contributed by atoms with Crippen LogP contribution in [0.3, 0.4) is 0 Å². The second-order valence-corrected chi connectivity index (χ2v) is 1.95. The van der Waals surface area contributed by atoms with Crippen LogP contribution in [0.25, 0.3) is 0 Å². The van der Waals surface area contributed by atoms with Gasteiger partial charge in [-0.25, -0.2) is 8.78 Å². The van der Waals surface area contributed by atoms with Crippen LogP contribution < -0.4 is 0 Å². The molecule has 0 spiro atoms. The monoisotopic (exact) mass is 142 g/mol. The summed E-state index contributed by atoms with van der Waals surface area (Å²) in [5.41, 5.74) is 0. The van der Waals surface area contributed by atoms with Crippen molar-refractivity contribution >= 4 is 11.6 Å². The standard InChI is InChI=1S/C5H9ClF2/c6-4-2-1-3-5(7)8/h5H,1-4H2. The van der Waals surface area contributed by atoms with E-state index in [1.54, 1.807) is 0 Å². The molecule has 0 unspecified atom stereocenters. The molecule has 50 valence electrons. The fraction of sp³-hybridized carbons (Fsp3) is 1.00. The average Bonchev–Trinajstić information content (AvgIpc) is 1.66. The van der Waals surface area contributed by atoms with Gasteiger partial charge in [-0.3, -0.25) is 0 Å². The molecular formula is C5H9ClF2. The Kier molecular flexibility index (Phi) is 5.39. The van der Waals surface area contributed by atoms with Crippen molar-refractivity contribution < 1.29 is 8.78 Å². The molecule has 0 aliphatic heterocycles. The molecule has 0 radical (unpaired) electrons. The highest BCUT2D eigenvalue weighted by atomic mass is 35.5. The fourth-order valence-corrected chi connectivity index (χ4v) is 0.582. The van der Waals surface area contributed by atoms with E-state index in [-0.39, 0.29) is 6.42 Å². The molecule has 0 heterocycles. The van der Waals surface area contributed by atoms with Crippen molar-refractivity contribution in [1.82, 2.24) is 0 Å². The summed E-state index contributed by atoms with van der Waals surface area (Å²) < 4.78 is 22.6. The van der Waals surface area contributed by atoms with Crippen molar-refractivity contribution in [3.8, 4) is 0 Å². The van der Waals surface area contributed by atoms with Crippen molar-refractivity contribution in [1.29, 1.82) is 0 Å². The van der Waals surface area contributed by atoms with Crippen molar-refractivity contribution in [3.05, 3.63) is 0 Å². The Morgan fingerprint density at radius 3 is 2.25 bits per heavy atom. The topological polar surface area (TPSA) is 0 Å². The van der Waals surface area contributed by atoms with Gasteiger partial charge in [0.1, 0.15) is 0 Å². The van der Waals surface area contributed by atoms with Crippen molar-refractivity contribution in [2.75, 3.05) is 5.88 Å². The second kappa shape index (κ2) is 5.29. The molecule has 0 saturated carbocycles. The lowest BCUT2D eigenvalue weighted by Crippen LogP contribution is -1.89. The third-order valence-electron chi connectivity index (χ3n) is 0.806. The summed E-state index contributed by atoms with van der Waals surface area (Å²) in [6.45, 7) is 0. The van der Waals surface area contributed by atoms with Gasteiger partial charge in [0.05, 0.1) is 0 Å². The van der Waals surface area contributed by atoms with E-state index >= 15 is 0 Å².